The Morgan fingerprint density at radius 2 is 1.62 bits per heavy atom. The van der Waals surface area contributed by atoms with Gasteiger partial charge < -0.3 is 10.2 Å². The maximum absolute atomic E-state index is 3.50. The van der Waals surface area contributed by atoms with E-state index in [0.29, 0.717) is 0 Å². The average Bonchev–Trinajstić information content (AvgIpc) is 3.12. The molecule has 0 spiro atoms. The highest BCUT2D eigenvalue weighted by molar-refractivity contribution is 4.82. The first-order valence-corrected chi connectivity index (χ1v) is 7.31. The molecule has 2 nitrogen and oxygen atoms in total. The summed E-state index contributed by atoms with van der Waals surface area (Å²) in [6.07, 6.45) is 8.57. The van der Waals surface area contributed by atoms with E-state index < -0.39 is 0 Å². The highest BCUT2D eigenvalue weighted by Crippen LogP contribution is 2.33. The molecule has 0 atom stereocenters. The third-order valence-electron chi connectivity index (χ3n) is 3.68. The van der Waals surface area contributed by atoms with Gasteiger partial charge in [0.05, 0.1) is 0 Å². The lowest BCUT2D eigenvalue weighted by molar-refractivity contribution is 0.248. The number of hydrogen-bond donors (Lipinski definition) is 1. The van der Waals surface area contributed by atoms with Crippen LogP contribution in [0.4, 0.5) is 0 Å². The molecule has 0 unspecified atom stereocenters. The first-order valence-electron chi connectivity index (χ1n) is 7.31. The van der Waals surface area contributed by atoms with Gasteiger partial charge in [0.1, 0.15) is 0 Å². The summed E-state index contributed by atoms with van der Waals surface area (Å²) in [7, 11) is 0. The van der Waals surface area contributed by atoms with Crippen LogP contribution in [0, 0.1) is 11.8 Å². The molecular formula is C14H28N2. The van der Waals surface area contributed by atoms with Crippen LogP contribution in [0.1, 0.15) is 45.4 Å². The van der Waals surface area contributed by atoms with E-state index in [-0.39, 0.29) is 0 Å². The van der Waals surface area contributed by atoms with Crippen LogP contribution in [0.15, 0.2) is 0 Å². The van der Waals surface area contributed by atoms with Gasteiger partial charge in [-0.2, -0.15) is 0 Å². The molecule has 2 saturated carbocycles. The van der Waals surface area contributed by atoms with Gasteiger partial charge in [-0.05, 0) is 70.0 Å². The van der Waals surface area contributed by atoms with Gasteiger partial charge in [0.25, 0.3) is 0 Å². The number of hydrogen-bond acceptors (Lipinski definition) is 2. The van der Waals surface area contributed by atoms with Crippen molar-refractivity contribution >= 4 is 0 Å². The monoisotopic (exact) mass is 224 g/mol. The van der Waals surface area contributed by atoms with Crippen LogP contribution in [0.25, 0.3) is 0 Å². The van der Waals surface area contributed by atoms with Gasteiger partial charge in [-0.15, -0.1) is 0 Å². The molecule has 2 heteroatoms. The summed E-state index contributed by atoms with van der Waals surface area (Å²) >= 11 is 0. The van der Waals surface area contributed by atoms with Crippen LogP contribution in [-0.2, 0) is 0 Å². The minimum atomic E-state index is 1.06. The third kappa shape index (κ3) is 5.31. The van der Waals surface area contributed by atoms with Gasteiger partial charge in [0.15, 0.2) is 0 Å². The van der Waals surface area contributed by atoms with Crippen molar-refractivity contribution in [2.75, 3.05) is 32.7 Å². The molecule has 16 heavy (non-hydrogen) atoms. The van der Waals surface area contributed by atoms with Crippen molar-refractivity contribution < 1.29 is 0 Å². The van der Waals surface area contributed by atoms with E-state index in [9.17, 15) is 0 Å². The molecular weight excluding hydrogens is 196 g/mol. The highest BCUT2D eigenvalue weighted by atomic mass is 15.1. The van der Waals surface area contributed by atoms with Crippen molar-refractivity contribution in [2.24, 2.45) is 11.8 Å². The van der Waals surface area contributed by atoms with Gasteiger partial charge in [0, 0.05) is 13.1 Å². The smallest absolute Gasteiger partial charge is 0.000978 e. The summed E-state index contributed by atoms with van der Waals surface area (Å²) in [5.41, 5.74) is 0. The fourth-order valence-corrected chi connectivity index (χ4v) is 2.32. The maximum atomic E-state index is 3.50. The Hall–Kier alpha value is -0.0800. The van der Waals surface area contributed by atoms with Crippen LogP contribution in [0.2, 0.25) is 0 Å². The summed E-state index contributed by atoms with van der Waals surface area (Å²) in [5, 5.41) is 3.50. The summed E-state index contributed by atoms with van der Waals surface area (Å²) in [6, 6.07) is 0. The fourth-order valence-electron chi connectivity index (χ4n) is 2.32. The Balaban J connectivity index is 1.53. The summed E-state index contributed by atoms with van der Waals surface area (Å²) in [6.45, 7) is 8.74. The molecule has 0 amide bonds. The Bertz CT molecular complexity index is 171. The van der Waals surface area contributed by atoms with Crippen molar-refractivity contribution in [3.05, 3.63) is 0 Å². The second kappa shape index (κ2) is 6.61. The van der Waals surface area contributed by atoms with E-state index in [1.165, 1.54) is 71.2 Å². The Morgan fingerprint density at radius 1 is 1.00 bits per heavy atom. The normalized spacial score (nSPS) is 20.6. The zero-order chi connectivity index (χ0) is 11.2. The molecule has 0 saturated heterocycles. The van der Waals surface area contributed by atoms with E-state index in [1.54, 1.807) is 0 Å². The number of rotatable bonds is 10. The molecule has 0 aliphatic heterocycles. The molecule has 94 valence electrons. The molecule has 0 bridgehead atoms. The molecule has 0 radical (unpaired) electrons. The predicted octanol–water partition coefficient (Wildman–Crippen LogP) is 2.50. The lowest BCUT2D eigenvalue weighted by atomic mass is 10.3. The van der Waals surface area contributed by atoms with E-state index in [4.69, 9.17) is 0 Å². The summed E-state index contributed by atoms with van der Waals surface area (Å²) < 4.78 is 0. The van der Waals surface area contributed by atoms with Crippen LogP contribution in [0.3, 0.4) is 0 Å². The zero-order valence-electron chi connectivity index (χ0n) is 10.9. The maximum Gasteiger partial charge on any atom is 0.000978 e. The minimum Gasteiger partial charge on any atom is -0.317 e. The molecule has 2 rings (SSSR count). The first kappa shape index (κ1) is 12.4. The molecule has 0 aromatic heterocycles. The molecule has 0 aromatic rings. The lowest BCUT2D eigenvalue weighted by Gasteiger charge is -2.22. The zero-order valence-corrected chi connectivity index (χ0v) is 10.9. The van der Waals surface area contributed by atoms with Crippen molar-refractivity contribution in [3.63, 3.8) is 0 Å². The molecule has 1 N–H and O–H groups in total. The van der Waals surface area contributed by atoms with Crippen LogP contribution in [-0.4, -0.2) is 37.6 Å². The van der Waals surface area contributed by atoms with Gasteiger partial charge in [-0.1, -0.05) is 6.92 Å². The van der Waals surface area contributed by atoms with E-state index in [1.807, 2.05) is 0 Å². The lowest BCUT2D eigenvalue weighted by Crippen LogP contribution is -2.31. The fraction of sp³-hybridized carbons (Fsp3) is 1.00. The van der Waals surface area contributed by atoms with Gasteiger partial charge >= 0.3 is 0 Å². The largest absolute Gasteiger partial charge is 0.317 e. The van der Waals surface area contributed by atoms with Crippen molar-refractivity contribution in [3.8, 4) is 0 Å². The molecule has 0 aromatic carbocycles. The Kier molecular flexibility index (Phi) is 5.11. The topological polar surface area (TPSA) is 15.3 Å². The van der Waals surface area contributed by atoms with E-state index in [2.05, 4.69) is 17.1 Å². The molecule has 0 heterocycles. The third-order valence-corrected chi connectivity index (χ3v) is 3.68. The second-order valence-corrected chi connectivity index (χ2v) is 5.75. The van der Waals surface area contributed by atoms with Crippen LogP contribution in [0.5, 0.6) is 0 Å². The molecule has 2 fully saturated rings. The minimum absolute atomic E-state index is 1.06. The van der Waals surface area contributed by atoms with Gasteiger partial charge in [0.2, 0.25) is 0 Å². The summed E-state index contributed by atoms with van der Waals surface area (Å²) in [5.74, 6) is 2.12. The predicted molar refractivity (Wildman–Crippen MR) is 69.7 cm³/mol. The second-order valence-electron chi connectivity index (χ2n) is 5.75. The Labute approximate surface area is 101 Å². The quantitative estimate of drug-likeness (QED) is 0.574. The molecule has 2 aliphatic carbocycles. The standard InChI is InChI=1S/C14H28N2/c1-2-8-15-9-3-10-16(11-13-4-5-13)12-14-6-7-14/h13-15H,2-12H2,1H3. The van der Waals surface area contributed by atoms with Crippen molar-refractivity contribution in [2.45, 2.75) is 45.4 Å². The molecule has 2 aliphatic rings. The van der Waals surface area contributed by atoms with Crippen molar-refractivity contribution in [1.29, 1.82) is 0 Å². The van der Waals surface area contributed by atoms with E-state index in [0.717, 1.165) is 11.8 Å². The van der Waals surface area contributed by atoms with E-state index >= 15 is 0 Å². The highest BCUT2D eigenvalue weighted by Gasteiger charge is 2.28. The van der Waals surface area contributed by atoms with Gasteiger partial charge in [-0.25, -0.2) is 0 Å². The van der Waals surface area contributed by atoms with Crippen LogP contribution >= 0.6 is 0 Å². The number of nitrogens with one attached hydrogen (secondary N) is 1. The summed E-state index contributed by atoms with van der Waals surface area (Å²) in [4.78, 5) is 2.74. The van der Waals surface area contributed by atoms with Crippen molar-refractivity contribution in [1.82, 2.24) is 10.2 Å². The SMILES string of the molecule is CCCNCCCN(CC1CC1)CC1CC1. The van der Waals surface area contributed by atoms with Crippen LogP contribution < -0.4 is 5.32 Å². The van der Waals surface area contributed by atoms with Gasteiger partial charge in [-0.3, -0.25) is 0 Å². The number of nitrogens with zero attached hydrogens (tertiary/aromatic N) is 1. The average molecular weight is 224 g/mol. The Morgan fingerprint density at radius 3 is 2.12 bits per heavy atom. The first-order chi connectivity index (χ1) is 7.88.